The van der Waals surface area contributed by atoms with Crippen LogP contribution in [0, 0.1) is 5.92 Å². The quantitative estimate of drug-likeness (QED) is 0.871. The SMILES string of the molecule is C[C@@H]1CCc2c(sc3c2[C@H](c2cccnc2)CC(=O)N3)C1. The Morgan fingerprint density at radius 3 is 3.10 bits per heavy atom. The summed E-state index contributed by atoms with van der Waals surface area (Å²) in [7, 11) is 0. The fraction of sp³-hybridized carbons (Fsp3) is 0.412. The van der Waals surface area contributed by atoms with Gasteiger partial charge in [0.1, 0.15) is 0 Å². The molecule has 1 aliphatic carbocycles. The molecule has 0 unspecified atom stereocenters. The number of nitrogens with zero attached hydrogens (tertiary/aromatic N) is 1. The third-order valence-electron chi connectivity index (χ3n) is 4.63. The number of fused-ring (bicyclic) bond motifs is 3. The lowest BCUT2D eigenvalue weighted by Gasteiger charge is -2.26. The number of carbonyl (C=O) groups is 1. The Labute approximate surface area is 128 Å². The molecule has 0 fully saturated rings. The largest absolute Gasteiger partial charge is 0.317 e. The lowest BCUT2D eigenvalue weighted by Crippen LogP contribution is -2.23. The van der Waals surface area contributed by atoms with Crippen molar-refractivity contribution in [1.29, 1.82) is 0 Å². The number of aromatic nitrogens is 1. The van der Waals surface area contributed by atoms with Gasteiger partial charge in [-0.3, -0.25) is 9.78 Å². The summed E-state index contributed by atoms with van der Waals surface area (Å²) in [5.74, 6) is 1.06. The number of hydrogen-bond acceptors (Lipinski definition) is 3. The molecule has 2 aromatic heterocycles. The number of thiophene rings is 1. The van der Waals surface area contributed by atoms with Gasteiger partial charge >= 0.3 is 0 Å². The molecule has 4 heteroatoms. The predicted molar refractivity (Wildman–Crippen MR) is 84.8 cm³/mol. The molecular formula is C17H18N2OS. The van der Waals surface area contributed by atoms with Crippen LogP contribution in [0.3, 0.4) is 0 Å². The van der Waals surface area contributed by atoms with Gasteiger partial charge in [-0.25, -0.2) is 0 Å². The first kappa shape index (κ1) is 13.0. The van der Waals surface area contributed by atoms with Crippen LogP contribution >= 0.6 is 11.3 Å². The van der Waals surface area contributed by atoms with Crippen LogP contribution in [0.25, 0.3) is 0 Å². The maximum Gasteiger partial charge on any atom is 0.225 e. The van der Waals surface area contributed by atoms with Crippen LogP contribution in [0.5, 0.6) is 0 Å². The molecule has 4 rings (SSSR count). The van der Waals surface area contributed by atoms with Crippen molar-refractivity contribution in [3.8, 4) is 0 Å². The summed E-state index contributed by atoms with van der Waals surface area (Å²) >= 11 is 1.79. The van der Waals surface area contributed by atoms with E-state index in [-0.39, 0.29) is 11.8 Å². The first-order valence-electron chi connectivity index (χ1n) is 7.56. The fourth-order valence-corrected chi connectivity index (χ4v) is 5.06. The Kier molecular flexibility index (Phi) is 3.07. The molecule has 0 aromatic carbocycles. The van der Waals surface area contributed by atoms with E-state index in [2.05, 4.69) is 23.3 Å². The molecule has 0 saturated heterocycles. The van der Waals surface area contributed by atoms with Crippen LogP contribution in [-0.4, -0.2) is 10.9 Å². The van der Waals surface area contributed by atoms with Crippen molar-refractivity contribution in [2.45, 2.75) is 38.5 Å². The normalized spacial score (nSPS) is 24.1. The molecule has 0 radical (unpaired) electrons. The lowest BCUT2D eigenvalue weighted by molar-refractivity contribution is -0.116. The highest BCUT2D eigenvalue weighted by molar-refractivity contribution is 7.16. The molecule has 3 heterocycles. The Hall–Kier alpha value is -1.68. The molecule has 2 aliphatic rings. The highest BCUT2D eigenvalue weighted by Gasteiger charge is 2.34. The molecule has 0 spiro atoms. The number of rotatable bonds is 1. The minimum atomic E-state index is 0.128. The highest BCUT2D eigenvalue weighted by atomic mass is 32.1. The molecule has 2 aromatic rings. The Bertz CT molecular complexity index is 692. The average Bonchev–Trinajstić information content (AvgIpc) is 2.84. The maximum atomic E-state index is 12.1. The van der Waals surface area contributed by atoms with Gasteiger partial charge in [0.15, 0.2) is 0 Å². The average molecular weight is 298 g/mol. The van der Waals surface area contributed by atoms with Crippen LogP contribution in [0.4, 0.5) is 5.00 Å². The summed E-state index contributed by atoms with van der Waals surface area (Å²) in [5, 5.41) is 4.17. The number of amides is 1. The number of carbonyl (C=O) groups excluding carboxylic acids is 1. The van der Waals surface area contributed by atoms with Gasteiger partial charge in [-0.05, 0) is 47.9 Å². The third-order valence-corrected chi connectivity index (χ3v) is 5.82. The van der Waals surface area contributed by atoms with E-state index in [4.69, 9.17) is 0 Å². The van der Waals surface area contributed by atoms with Gasteiger partial charge in [-0.15, -0.1) is 11.3 Å². The number of pyridine rings is 1. The molecule has 21 heavy (non-hydrogen) atoms. The minimum absolute atomic E-state index is 0.128. The zero-order valence-electron chi connectivity index (χ0n) is 12.1. The van der Waals surface area contributed by atoms with Gasteiger partial charge in [0.2, 0.25) is 5.91 Å². The van der Waals surface area contributed by atoms with Gasteiger partial charge in [0.05, 0.1) is 5.00 Å². The summed E-state index contributed by atoms with van der Waals surface area (Å²) in [6, 6.07) is 4.05. The van der Waals surface area contributed by atoms with Crippen LogP contribution in [-0.2, 0) is 17.6 Å². The van der Waals surface area contributed by atoms with Gasteiger partial charge in [-0.1, -0.05) is 13.0 Å². The topological polar surface area (TPSA) is 42.0 Å². The third kappa shape index (κ3) is 2.18. The van der Waals surface area contributed by atoms with Crippen molar-refractivity contribution in [2.75, 3.05) is 5.32 Å². The van der Waals surface area contributed by atoms with E-state index < -0.39 is 0 Å². The smallest absolute Gasteiger partial charge is 0.225 e. The summed E-state index contributed by atoms with van der Waals surface area (Å²) in [6.45, 7) is 2.32. The molecule has 3 nitrogen and oxygen atoms in total. The number of hydrogen-bond donors (Lipinski definition) is 1. The van der Waals surface area contributed by atoms with Gasteiger partial charge in [0, 0.05) is 29.6 Å². The highest BCUT2D eigenvalue weighted by Crippen LogP contribution is 2.48. The number of nitrogens with one attached hydrogen (secondary N) is 1. The lowest BCUT2D eigenvalue weighted by atomic mass is 9.80. The van der Waals surface area contributed by atoms with Crippen LogP contribution in [0.2, 0.25) is 0 Å². The second-order valence-corrected chi connectivity index (χ2v) is 7.29. The van der Waals surface area contributed by atoms with Crippen molar-refractivity contribution < 1.29 is 4.79 Å². The summed E-state index contributed by atoms with van der Waals surface area (Å²) in [5.41, 5.74) is 4.03. The van der Waals surface area contributed by atoms with Gasteiger partial charge in [0.25, 0.3) is 0 Å². The van der Waals surface area contributed by atoms with E-state index in [1.54, 1.807) is 17.5 Å². The van der Waals surface area contributed by atoms with Gasteiger partial charge in [-0.2, -0.15) is 0 Å². The molecule has 0 saturated carbocycles. The number of anilines is 1. The van der Waals surface area contributed by atoms with Crippen LogP contribution in [0.1, 0.15) is 47.3 Å². The van der Waals surface area contributed by atoms with E-state index in [1.807, 2.05) is 12.3 Å². The molecule has 1 aliphatic heterocycles. The predicted octanol–water partition coefficient (Wildman–Crippen LogP) is 3.74. The van der Waals surface area contributed by atoms with Crippen molar-refractivity contribution in [3.05, 3.63) is 46.1 Å². The van der Waals surface area contributed by atoms with E-state index in [0.717, 1.165) is 29.3 Å². The van der Waals surface area contributed by atoms with Crippen LogP contribution < -0.4 is 5.32 Å². The molecular weight excluding hydrogens is 280 g/mol. The van der Waals surface area contributed by atoms with Crippen molar-refractivity contribution in [1.82, 2.24) is 4.98 Å². The Morgan fingerprint density at radius 1 is 1.38 bits per heavy atom. The zero-order valence-corrected chi connectivity index (χ0v) is 12.9. The molecule has 108 valence electrons. The van der Waals surface area contributed by atoms with E-state index in [1.165, 1.54) is 22.4 Å². The van der Waals surface area contributed by atoms with E-state index >= 15 is 0 Å². The first-order chi connectivity index (χ1) is 10.2. The standard InChI is InChI=1S/C17H18N2OS/c1-10-4-5-12-14(7-10)21-17-16(12)13(8-15(20)19-17)11-3-2-6-18-9-11/h2-3,6,9-10,13H,4-5,7-8H2,1H3,(H,19,20)/t10-,13+/m1/s1. The fourth-order valence-electron chi connectivity index (χ4n) is 3.57. The summed E-state index contributed by atoms with van der Waals surface area (Å²) in [6.07, 6.45) is 7.79. The molecule has 0 bridgehead atoms. The molecule has 1 amide bonds. The zero-order chi connectivity index (χ0) is 14.4. The Morgan fingerprint density at radius 2 is 2.29 bits per heavy atom. The Balaban J connectivity index is 1.84. The van der Waals surface area contributed by atoms with Gasteiger partial charge < -0.3 is 5.32 Å². The van der Waals surface area contributed by atoms with E-state index in [0.29, 0.717) is 6.42 Å². The monoisotopic (exact) mass is 298 g/mol. The summed E-state index contributed by atoms with van der Waals surface area (Å²) in [4.78, 5) is 17.8. The second kappa shape index (κ2) is 4.95. The first-order valence-corrected chi connectivity index (χ1v) is 8.38. The molecule has 2 atom stereocenters. The molecule has 1 N–H and O–H groups in total. The maximum absolute atomic E-state index is 12.1. The summed E-state index contributed by atoms with van der Waals surface area (Å²) < 4.78 is 0. The van der Waals surface area contributed by atoms with Crippen molar-refractivity contribution in [2.24, 2.45) is 5.92 Å². The van der Waals surface area contributed by atoms with Crippen molar-refractivity contribution in [3.63, 3.8) is 0 Å². The minimum Gasteiger partial charge on any atom is -0.317 e. The van der Waals surface area contributed by atoms with Crippen molar-refractivity contribution >= 4 is 22.2 Å². The second-order valence-electron chi connectivity index (χ2n) is 6.19. The van der Waals surface area contributed by atoms with E-state index in [9.17, 15) is 4.79 Å². The van der Waals surface area contributed by atoms with Crippen LogP contribution in [0.15, 0.2) is 24.5 Å².